The second kappa shape index (κ2) is 3.55. The molecule has 2 aromatic rings. The van der Waals surface area contributed by atoms with E-state index in [0.29, 0.717) is 17.9 Å². The Morgan fingerprint density at radius 3 is 2.76 bits per heavy atom. The number of rotatable bonds is 2. The van der Waals surface area contributed by atoms with E-state index in [1.165, 1.54) is 4.90 Å². The summed E-state index contributed by atoms with van der Waals surface area (Å²) in [5, 5.41) is 0. The predicted octanol–water partition coefficient (Wildman–Crippen LogP) is 1.07. The van der Waals surface area contributed by atoms with Crippen LogP contribution in [-0.4, -0.2) is 21.2 Å². The number of hydrogen-bond acceptors (Lipinski definition) is 3. The summed E-state index contributed by atoms with van der Waals surface area (Å²) in [5.41, 5.74) is 1.13. The molecular weight excluding hydrogens is 218 g/mol. The van der Waals surface area contributed by atoms with Gasteiger partial charge in [0.1, 0.15) is 6.67 Å². The number of amides is 1. The third-order valence-electron chi connectivity index (χ3n) is 2.74. The van der Waals surface area contributed by atoms with Gasteiger partial charge in [-0.2, -0.15) is 0 Å². The summed E-state index contributed by atoms with van der Waals surface area (Å²) in [5.74, 6) is -0.930. The standard InChI is InChI=1S/C12H9N3O2/c16-11-9-3-1-2-4-10(9)15(12(11)17)8-14-6-5-13-7-14/h1-7H,8H2. The molecule has 0 saturated carbocycles. The predicted molar refractivity (Wildman–Crippen MR) is 60.5 cm³/mol. The number of carbonyl (C=O) groups excluding carboxylic acids is 2. The Labute approximate surface area is 97.3 Å². The highest BCUT2D eigenvalue weighted by molar-refractivity contribution is 6.52. The molecule has 1 amide bonds. The molecule has 0 bridgehead atoms. The Morgan fingerprint density at radius 1 is 1.18 bits per heavy atom. The molecule has 2 heterocycles. The number of para-hydroxylation sites is 1. The molecule has 1 aliphatic heterocycles. The third-order valence-corrected chi connectivity index (χ3v) is 2.74. The molecule has 84 valence electrons. The van der Waals surface area contributed by atoms with Crippen LogP contribution in [0.4, 0.5) is 5.69 Å². The van der Waals surface area contributed by atoms with Crippen molar-refractivity contribution in [2.24, 2.45) is 0 Å². The van der Waals surface area contributed by atoms with E-state index in [1.54, 1.807) is 41.5 Å². The van der Waals surface area contributed by atoms with Crippen molar-refractivity contribution in [2.45, 2.75) is 6.67 Å². The molecule has 5 nitrogen and oxygen atoms in total. The van der Waals surface area contributed by atoms with Crippen molar-refractivity contribution in [3.63, 3.8) is 0 Å². The molecule has 0 atom stereocenters. The molecule has 0 saturated heterocycles. The van der Waals surface area contributed by atoms with E-state index in [1.807, 2.05) is 6.07 Å². The number of fused-ring (bicyclic) bond motifs is 1. The Balaban J connectivity index is 2.01. The van der Waals surface area contributed by atoms with Crippen molar-refractivity contribution in [1.29, 1.82) is 0 Å². The number of Topliss-reactive ketones (excluding diaryl/α,β-unsaturated/α-hetero) is 1. The van der Waals surface area contributed by atoms with Crippen LogP contribution in [0.1, 0.15) is 10.4 Å². The molecule has 1 aromatic heterocycles. The number of aromatic nitrogens is 2. The Kier molecular flexibility index (Phi) is 2.04. The number of anilines is 1. The van der Waals surface area contributed by atoms with Gasteiger partial charge < -0.3 is 4.57 Å². The van der Waals surface area contributed by atoms with Crippen molar-refractivity contribution in [1.82, 2.24) is 9.55 Å². The van der Waals surface area contributed by atoms with Crippen LogP contribution >= 0.6 is 0 Å². The smallest absolute Gasteiger partial charge is 0.300 e. The minimum absolute atomic E-state index is 0.307. The zero-order valence-corrected chi connectivity index (χ0v) is 8.91. The highest BCUT2D eigenvalue weighted by Gasteiger charge is 2.35. The Hall–Kier alpha value is -2.43. The minimum Gasteiger partial charge on any atom is -0.319 e. The van der Waals surface area contributed by atoms with Crippen LogP contribution in [0.15, 0.2) is 43.0 Å². The average Bonchev–Trinajstić information content (AvgIpc) is 2.94. The van der Waals surface area contributed by atoms with Gasteiger partial charge in [-0.05, 0) is 12.1 Å². The molecular formula is C12H9N3O2. The SMILES string of the molecule is O=C1C(=O)N(Cn2ccnc2)c2ccccc21. The summed E-state index contributed by atoms with van der Waals surface area (Å²) in [4.78, 5) is 28.9. The Bertz CT molecular complexity index is 590. The van der Waals surface area contributed by atoms with Crippen LogP contribution in [0, 0.1) is 0 Å². The third kappa shape index (κ3) is 1.44. The van der Waals surface area contributed by atoms with Gasteiger partial charge in [0.25, 0.3) is 5.78 Å². The van der Waals surface area contributed by atoms with Crippen molar-refractivity contribution >= 4 is 17.4 Å². The van der Waals surface area contributed by atoms with Gasteiger partial charge in [-0.25, -0.2) is 4.98 Å². The molecule has 5 heteroatoms. The maximum Gasteiger partial charge on any atom is 0.300 e. The lowest BCUT2D eigenvalue weighted by Gasteiger charge is -2.16. The second-order valence-electron chi connectivity index (χ2n) is 3.80. The van der Waals surface area contributed by atoms with Crippen LogP contribution < -0.4 is 4.90 Å². The summed E-state index contributed by atoms with van der Waals surface area (Å²) < 4.78 is 1.74. The topological polar surface area (TPSA) is 55.2 Å². The number of imidazole rings is 1. The summed E-state index contributed by atoms with van der Waals surface area (Å²) in [6.45, 7) is 0.307. The van der Waals surface area contributed by atoms with E-state index in [-0.39, 0.29) is 0 Å². The van der Waals surface area contributed by atoms with E-state index in [2.05, 4.69) is 4.98 Å². The molecule has 0 N–H and O–H groups in total. The number of ketones is 1. The number of benzene rings is 1. The molecule has 1 aromatic carbocycles. The first-order valence-electron chi connectivity index (χ1n) is 5.18. The fourth-order valence-electron chi connectivity index (χ4n) is 1.92. The summed E-state index contributed by atoms with van der Waals surface area (Å²) in [7, 11) is 0. The zero-order chi connectivity index (χ0) is 11.8. The maximum atomic E-state index is 11.8. The fraction of sp³-hybridized carbons (Fsp3) is 0.0833. The lowest BCUT2D eigenvalue weighted by Crippen LogP contribution is -2.31. The molecule has 1 aliphatic rings. The van der Waals surface area contributed by atoms with Crippen LogP contribution in [-0.2, 0) is 11.5 Å². The van der Waals surface area contributed by atoms with E-state index < -0.39 is 11.7 Å². The highest BCUT2D eigenvalue weighted by Crippen LogP contribution is 2.28. The normalized spacial score (nSPS) is 14.2. The lowest BCUT2D eigenvalue weighted by atomic mass is 10.1. The molecule has 0 fully saturated rings. The largest absolute Gasteiger partial charge is 0.319 e. The van der Waals surface area contributed by atoms with Crippen LogP contribution in [0.3, 0.4) is 0 Å². The van der Waals surface area contributed by atoms with Gasteiger partial charge in [0.2, 0.25) is 0 Å². The van der Waals surface area contributed by atoms with Gasteiger partial charge >= 0.3 is 5.91 Å². The molecule has 0 radical (unpaired) electrons. The van der Waals surface area contributed by atoms with Crippen molar-refractivity contribution < 1.29 is 9.59 Å². The molecule has 17 heavy (non-hydrogen) atoms. The summed E-state index contributed by atoms with van der Waals surface area (Å²) >= 11 is 0. The van der Waals surface area contributed by atoms with Gasteiger partial charge in [-0.3, -0.25) is 14.5 Å². The quantitative estimate of drug-likeness (QED) is 0.721. The first-order chi connectivity index (χ1) is 8.27. The highest BCUT2D eigenvalue weighted by atomic mass is 16.2. The van der Waals surface area contributed by atoms with Crippen LogP contribution in [0.25, 0.3) is 0 Å². The van der Waals surface area contributed by atoms with E-state index in [9.17, 15) is 9.59 Å². The zero-order valence-electron chi connectivity index (χ0n) is 8.91. The van der Waals surface area contributed by atoms with E-state index >= 15 is 0 Å². The monoisotopic (exact) mass is 227 g/mol. The number of nitrogens with zero attached hydrogens (tertiary/aromatic N) is 3. The van der Waals surface area contributed by atoms with Crippen molar-refractivity contribution in [3.8, 4) is 0 Å². The van der Waals surface area contributed by atoms with E-state index in [4.69, 9.17) is 0 Å². The van der Waals surface area contributed by atoms with Crippen molar-refractivity contribution in [3.05, 3.63) is 48.5 Å². The summed E-state index contributed by atoms with van der Waals surface area (Å²) in [6, 6.07) is 7.01. The van der Waals surface area contributed by atoms with Crippen LogP contribution in [0.2, 0.25) is 0 Å². The van der Waals surface area contributed by atoms with Gasteiger partial charge in [-0.15, -0.1) is 0 Å². The first-order valence-corrected chi connectivity index (χ1v) is 5.18. The van der Waals surface area contributed by atoms with Gasteiger partial charge in [0.05, 0.1) is 17.6 Å². The maximum absolute atomic E-state index is 11.8. The lowest BCUT2D eigenvalue weighted by molar-refractivity contribution is -0.114. The van der Waals surface area contributed by atoms with Crippen molar-refractivity contribution in [2.75, 3.05) is 4.90 Å². The van der Waals surface area contributed by atoms with Gasteiger partial charge in [0, 0.05) is 12.4 Å². The fourth-order valence-corrected chi connectivity index (χ4v) is 1.92. The number of carbonyl (C=O) groups is 2. The molecule has 0 unspecified atom stereocenters. The molecule has 3 rings (SSSR count). The van der Waals surface area contributed by atoms with Crippen LogP contribution in [0.5, 0.6) is 0 Å². The van der Waals surface area contributed by atoms with Gasteiger partial charge in [-0.1, -0.05) is 12.1 Å². The van der Waals surface area contributed by atoms with Gasteiger partial charge in [0.15, 0.2) is 0 Å². The minimum atomic E-state index is -0.486. The average molecular weight is 227 g/mol. The Morgan fingerprint density at radius 2 is 2.00 bits per heavy atom. The summed E-state index contributed by atoms with van der Waals surface area (Å²) in [6.07, 6.45) is 4.99. The number of hydrogen-bond donors (Lipinski definition) is 0. The second-order valence-corrected chi connectivity index (χ2v) is 3.80. The molecule has 0 spiro atoms. The van der Waals surface area contributed by atoms with E-state index in [0.717, 1.165) is 0 Å². The molecule has 0 aliphatic carbocycles. The first kappa shape index (κ1) is 9.77.